The Hall–Kier alpha value is -3.72. The molecule has 0 saturated heterocycles. The zero-order valence-corrected chi connectivity index (χ0v) is 15.5. The van der Waals surface area contributed by atoms with Crippen molar-refractivity contribution in [2.45, 2.75) is 6.54 Å². The van der Waals surface area contributed by atoms with E-state index in [1.165, 1.54) is 36.4 Å². The molecule has 10 heteroatoms. The molecule has 3 rings (SSSR count). The number of hydrogen-bond acceptors (Lipinski definition) is 5. The van der Waals surface area contributed by atoms with Gasteiger partial charge in [-0.2, -0.15) is 5.10 Å². The highest BCUT2D eigenvalue weighted by Gasteiger charge is 2.14. The SMILES string of the molecule is O=C(NN=Cc1c(O)n(Cc2ccc(F)cc2)c(=O)[nH]c1=O)c1ccccc1Cl. The lowest BCUT2D eigenvalue weighted by molar-refractivity contribution is 0.0955. The fraction of sp³-hybridized carbons (Fsp3) is 0.0526. The average Bonchev–Trinajstić information content (AvgIpc) is 2.69. The van der Waals surface area contributed by atoms with Gasteiger partial charge in [0.1, 0.15) is 11.4 Å². The third kappa shape index (κ3) is 4.58. The summed E-state index contributed by atoms with van der Waals surface area (Å²) < 4.78 is 13.9. The monoisotopic (exact) mass is 416 g/mol. The Morgan fingerprint density at radius 3 is 2.59 bits per heavy atom. The molecule has 2 aromatic carbocycles. The van der Waals surface area contributed by atoms with E-state index in [2.05, 4.69) is 15.5 Å². The Morgan fingerprint density at radius 1 is 1.21 bits per heavy atom. The molecule has 0 aliphatic carbocycles. The number of aromatic nitrogens is 2. The van der Waals surface area contributed by atoms with Crippen molar-refractivity contribution in [3.8, 4) is 5.88 Å². The van der Waals surface area contributed by atoms with Gasteiger partial charge in [0.15, 0.2) is 0 Å². The number of aromatic hydroxyl groups is 1. The molecule has 0 aliphatic rings. The van der Waals surface area contributed by atoms with E-state index in [0.717, 1.165) is 10.8 Å². The number of H-pyrrole nitrogens is 1. The highest BCUT2D eigenvalue weighted by atomic mass is 35.5. The van der Waals surface area contributed by atoms with E-state index in [-0.39, 0.29) is 22.7 Å². The molecular formula is C19H14ClFN4O4. The van der Waals surface area contributed by atoms with Crippen LogP contribution in [-0.4, -0.2) is 26.8 Å². The van der Waals surface area contributed by atoms with Crippen molar-refractivity contribution in [1.29, 1.82) is 0 Å². The number of carbonyl (C=O) groups excluding carboxylic acids is 1. The van der Waals surface area contributed by atoms with Crippen molar-refractivity contribution in [2.75, 3.05) is 0 Å². The molecular weight excluding hydrogens is 403 g/mol. The summed E-state index contributed by atoms with van der Waals surface area (Å²) in [6.45, 7) is -0.117. The predicted molar refractivity (Wildman–Crippen MR) is 105 cm³/mol. The third-order valence-corrected chi connectivity index (χ3v) is 4.27. The van der Waals surface area contributed by atoms with Crippen molar-refractivity contribution in [3.05, 3.63) is 96.9 Å². The maximum absolute atomic E-state index is 13.0. The highest BCUT2D eigenvalue weighted by Crippen LogP contribution is 2.15. The summed E-state index contributed by atoms with van der Waals surface area (Å²) in [5.41, 5.74) is 0.793. The minimum atomic E-state index is -0.890. The number of halogens is 2. The van der Waals surface area contributed by atoms with Crippen molar-refractivity contribution < 1.29 is 14.3 Å². The lowest BCUT2D eigenvalue weighted by Gasteiger charge is -2.09. The Morgan fingerprint density at radius 2 is 1.90 bits per heavy atom. The molecule has 3 aromatic rings. The topological polar surface area (TPSA) is 117 Å². The van der Waals surface area contributed by atoms with E-state index in [4.69, 9.17) is 11.6 Å². The maximum Gasteiger partial charge on any atom is 0.331 e. The van der Waals surface area contributed by atoms with Gasteiger partial charge in [0.2, 0.25) is 5.88 Å². The molecule has 0 aliphatic heterocycles. The van der Waals surface area contributed by atoms with Gasteiger partial charge in [0.25, 0.3) is 11.5 Å². The Balaban J connectivity index is 1.85. The van der Waals surface area contributed by atoms with Crippen molar-refractivity contribution >= 4 is 23.7 Å². The highest BCUT2D eigenvalue weighted by molar-refractivity contribution is 6.33. The van der Waals surface area contributed by atoms with Gasteiger partial charge in [-0.15, -0.1) is 0 Å². The Bertz CT molecular complexity index is 1200. The molecule has 0 radical (unpaired) electrons. The smallest absolute Gasteiger partial charge is 0.331 e. The van der Waals surface area contributed by atoms with Crippen LogP contribution in [0, 0.1) is 5.82 Å². The quantitative estimate of drug-likeness (QED) is 0.434. The van der Waals surface area contributed by atoms with Crippen molar-refractivity contribution in [1.82, 2.24) is 15.0 Å². The average molecular weight is 417 g/mol. The van der Waals surface area contributed by atoms with Crippen molar-refractivity contribution in [2.24, 2.45) is 5.10 Å². The molecule has 0 spiro atoms. The first-order valence-corrected chi connectivity index (χ1v) is 8.63. The first-order chi connectivity index (χ1) is 13.9. The first kappa shape index (κ1) is 20.0. The van der Waals surface area contributed by atoms with Gasteiger partial charge in [-0.05, 0) is 29.8 Å². The molecule has 29 heavy (non-hydrogen) atoms. The number of benzene rings is 2. The van der Waals surface area contributed by atoms with Crippen LogP contribution in [0.5, 0.6) is 5.88 Å². The van der Waals surface area contributed by atoms with E-state index in [9.17, 15) is 23.9 Å². The zero-order chi connectivity index (χ0) is 21.0. The lowest BCUT2D eigenvalue weighted by atomic mass is 10.2. The van der Waals surface area contributed by atoms with E-state index < -0.39 is 28.9 Å². The molecule has 148 valence electrons. The first-order valence-electron chi connectivity index (χ1n) is 8.25. The maximum atomic E-state index is 13.0. The van der Waals surface area contributed by atoms with Crippen molar-refractivity contribution in [3.63, 3.8) is 0 Å². The van der Waals surface area contributed by atoms with Crippen LogP contribution in [0.15, 0.2) is 63.2 Å². The van der Waals surface area contributed by atoms with Gasteiger partial charge in [0.05, 0.1) is 23.3 Å². The van der Waals surface area contributed by atoms with Gasteiger partial charge in [-0.3, -0.25) is 19.1 Å². The van der Waals surface area contributed by atoms with Crippen LogP contribution in [0.25, 0.3) is 0 Å². The summed E-state index contributed by atoms with van der Waals surface area (Å²) in [6.07, 6.45) is 0.906. The fourth-order valence-corrected chi connectivity index (χ4v) is 2.69. The molecule has 8 nitrogen and oxygen atoms in total. The third-order valence-electron chi connectivity index (χ3n) is 3.94. The second kappa shape index (κ2) is 8.53. The number of nitrogens with zero attached hydrogens (tertiary/aromatic N) is 2. The molecule has 0 saturated carbocycles. The zero-order valence-electron chi connectivity index (χ0n) is 14.7. The van der Waals surface area contributed by atoms with Crippen LogP contribution in [0.1, 0.15) is 21.5 Å². The number of hydrogen-bond donors (Lipinski definition) is 3. The number of nitrogens with one attached hydrogen (secondary N) is 2. The fourth-order valence-electron chi connectivity index (χ4n) is 2.47. The van der Waals surface area contributed by atoms with Crippen LogP contribution in [-0.2, 0) is 6.54 Å². The summed E-state index contributed by atoms with van der Waals surface area (Å²) >= 11 is 5.92. The Kier molecular flexibility index (Phi) is 5.89. The number of rotatable bonds is 5. The van der Waals surface area contributed by atoms with E-state index in [0.29, 0.717) is 5.56 Å². The number of carbonyl (C=O) groups is 1. The number of aromatic amines is 1. The summed E-state index contributed by atoms with van der Waals surface area (Å²) in [4.78, 5) is 38.2. The van der Waals surface area contributed by atoms with E-state index in [1.807, 2.05) is 0 Å². The lowest BCUT2D eigenvalue weighted by Crippen LogP contribution is -2.32. The predicted octanol–water partition coefficient (Wildman–Crippen LogP) is 1.85. The summed E-state index contributed by atoms with van der Waals surface area (Å²) in [5.74, 6) is -1.73. The second-order valence-corrected chi connectivity index (χ2v) is 6.30. The van der Waals surface area contributed by atoms with Gasteiger partial charge in [0, 0.05) is 0 Å². The number of amides is 1. The van der Waals surface area contributed by atoms with E-state index >= 15 is 0 Å². The normalized spacial score (nSPS) is 11.0. The molecule has 1 aromatic heterocycles. The standard InChI is InChI=1S/C19H14ClFN4O4/c20-15-4-2-1-3-13(15)17(27)24-22-9-14-16(26)23-19(29)25(18(14)28)10-11-5-7-12(21)8-6-11/h1-9,28H,10H2,(H,24,27)(H,23,26,29). The molecule has 3 N–H and O–H groups in total. The molecule has 0 atom stereocenters. The van der Waals surface area contributed by atoms with Crippen LogP contribution >= 0.6 is 11.6 Å². The van der Waals surface area contributed by atoms with E-state index in [1.54, 1.807) is 12.1 Å². The van der Waals surface area contributed by atoms with Gasteiger partial charge in [-0.1, -0.05) is 35.9 Å². The van der Waals surface area contributed by atoms with Crippen LogP contribution < -0.4 is 16.7 Å². The summed E-state index contributed by atoms with van der Waals surface area (Å²) in [5, 5.41) is 14.2. The van der Waals surface area contributed by atoms with Crippen LogP contribution in [0.3, 0.4) is 0 Å². The summed E-state index contributed by atoms with van der Waals surface area (Å²) in [6, 6.07) is 11.6. The summed E-state index contributed by atoms with van der Waals surface area (Å²) in [7, 11) is 0. The molecule has 0 bridgehead atoms. The minimum Gasteiger partial charge on any atom is -0.494 e. The minimum absolute atomic E-state index is 0.117. The van der Waals surface area contributed by atoms with Crippen LogP contribution in [0.4, 0.5) is 4.39 Å². The van der Waals surface area contributed by atoms with Gasteiger partial charge < -0.3 is 5.11 Å². The largest absolute Gasteiger partial charge is 0.494 e. The molecule has 0 unspecified atom stereocenters. The van der Waals surface area contributed by atoms with Gasteiger partial charge in [-0.25, -0.2) is 14.6 Å². The molecule has 1 heterocycles. The van der Waals surface area contributed by atoms with Crippen LogP contribution in [0.2, 0.25) is 5.02 Å². The van der Waals surface area contributed by atoms with Gasteiger partial charge >= 0.3 is 5.69 Å². The number of hydrazone groups is 1. The molecule has 1 amide bonds. The second-order valence-electron chi connectivity index (χ2n) is 5.89. The molecule has 0 fully saturated rings. The Labute approximate surface area is 167 Å².